The number of nitrogens with one attached hydrogen (secondary N) is 1. The molecule has 2 unspecified atom stereocenters. The Kier molecular flexibility index (Phi) is 6.60. The van der Waals surface area contributed by atoms with Gasteiger partial charge in [0.15, 0.2) is 0 Å². The maximum atomic E-state index is 12.3. The Labute approximate surface area is 153 Å². The molecule has 1 heterocycles. The predicted molar refractivity (Wildman–Crippen MR) is 94.3 cm³/mol. The number of amides is 1. The van der Waals surface area contributed by atoms with Gasteiger partial charge in [-0.25, -0.2) is 13.1 Å². The largest absolute Gasteiger partial charge is 0.494 e. The minimum Gasteiger partial charge on any atom is -0.494 e. The molecule has 9 heteroatoms. The van der Waals surface area contributed by atoms with Crippen molar-refractivity contribution < 1.29 is 27.9 Å². The molecule has 0 radical (unpaired) electrons. The van der Waals surface area contributed by atoms with Gasteiger partial charge in [-0.1, -0.05) is 0 Å². The monoisotopic (exact) mass is 384 g/mol. The van der Waals surface area contributed by atoms with E-state index >= 15 is 0 Å². The van der Waals surface area contributed by atoms with Crippen LogP contribution in [-0.2, 0) is 19.6 Å². The van der Waals surface area contributed by atoms with Crippen LogP contribution in [0.3, 0.4) is 0 Å². The summed E-state index contributed by atoms with van der Waals surface area (Å²) in [6.45, 7) is 4.36. The van der Waals surface area contributed by atoms with Crippen LogP contribution in [0.5, 0.6) is 5.75 Å². The third-order valence-electron chi connectivity index (χ3n) is 4.47. The van der Waals surface area contributed by atoms with Gasteiger partial charge in [0.25, 0.3) is 0 Å². The van der Waals surface area contributed by atoms with Gasteiger partial charge in [0, 0.05) is 25.6 Å². The molecule has 0 saturated carbocycles. The zero-order valence-electron chi connectivity index (χ0n) is 14.8. The molecule has 1 fully saturated rings. The van der Waals surface area contributed by atoms with Crippen LogP contribution in [0.1, 0.15) is 26.7 Å². The molecule has 1 aliphatic heterocycles. The molecule has 26 heavy (non-hydrogen) atoms. The molecule has 1 aromatic carbocycles. The van der Waals surface area contributed by atoms with Crippen LogP contribution in [0.2, 0.25) is 0 Å². The smallest absolute Gasteiger partial charge is 0.308 e. The molecule has 1 aromatic rings. The van der Waals surface area contributed by atoms with Gasteiger partial charge in [-0.2, -0.15) is 0 Å². The van der Waals surface area contributed by atoms with Crippen LogP contribution in [0.15, 0.2) is 29.2 Å². The summed E-state index contributed by atoms with van der Waals surface area (Å²) in [4.78, 5) is 24.9. The summed E-state index contributed by atoms with van der Waals surface area (Å²) >= 11 is 0. The first kappa shape index (κ1) is 20.2. The number of carboxylic acid groups (broad SMARTS) is 1. The van der Waals surface area contributed by atoms with Crippen molar-refractivity contribution >= 4 is 21.9 Å². The van der Waals surface area contributed by atoms with Crippen LogP contribution >= 0.6 is 0 Å². The fourth-order valence-corrected chi connectivity index (χ4v) is 4.05. The lowest BCUT2D eigenvalue weighted by atomic mass is 10.0. The topological polar surface area (TPSA) is 113 Å². The molecule has 0 aromatic heterocycles. The van der Waals surface area contributed by atoms with E-state index in [9.17, 15) is 18.0 Å². The quantitative estimate of drug-likeness (QED) is 0.693. The highest BCUT2D eigenvalue weighted by Gasteiger charge is 2.37. The number of likely N-dealkylation sites (tertiary alicyclic amines) is 1. The SMILES string of the molecule is CCOc1ccc(S(=O)(=O)NCCC(=O)N2CCC(C(=O)O)C2C)cc1. The average molecular weight is 384 g/mol. The number of carbonyl (C=O) groups is 2. The van der Waals surface area contributed by atoms with E-state index in [4.69, 9.17) is 9.84 Å². The van der Waals surface area contributed by atoms with Gasteiger partial charge in [0.1, 0.15) is 5.75 Å². The minimum atomic E-state index is -3.72. The third-order valence-corrected chi connectivity index (χ3v) is 5.95. The molecule has 2 atom stereocenters. The lowest BCUT2D eigenvalue weighted by Gasteiger charge is -2.23. The van der Waals surface area contributed by atoms with Crippen molar-refractivity contribution in [2.45, 2.75) is 37.6 Å². The fraction of sp³-hybridized carbons (Fsp3) is 0.529. The van der Waals surface area contributed by atoms with Crippen LogP contribution < -0.4 is 9.46 Å². The Balaban J connectivity index is 1.88. The van der Waals surface area contributed by atoms with Crippen molar-refractivity contribution in [3.63, 3.8) is 0 Å². The van der Waals surface area contributed by atoms with Gasteiger partial charge in [0.2, 0.25) is 15.9 Å². The lowest BCUT2D eigenvalue weighted by Crippen LogP contribution is -2.39. The van der Waals surface area contributed by atoms with E-state index in [-0.39, 0.29) is 29.8 Å². The molecule has 2 rings (SSSR count). The Morgan fingerprint density at radius 1 is 1.31 bits per heavy atom. The summed E-state index contributed by atoms with van der Waals surface area (Å²) in [5, 5.41) is 9.11. The van der Waals surface area contributed by atoms with Crippen molar-refractivity contribution in [2.24, 2.45) is 5.92 Å². The lowest BCUT2D eigenvalue weighted by molar-refractivity contribution is -0.143. The van der Waals surface area contributed by atoms with Crippen molar-refractivity contribution in [1.29, 1.82) is 0 Å². The average Bonchev–Trinajstić information content (AvgIpc) is 2.97. The number of ether oxygens (including phenoxy) is 1. The number of carboxylic acids is 1. The minimum absolute atomic E-state index is 0.0209. The zero-order chi connectivity index (χ0) is 19.3. The molecule has 0 bridgehead atoms. The van der Waals surface area contributed by atoms with Gasteiger partial charge < -0.3 is 14.7 Å². The molecule has 2 N–H and O–H groups in total. The van der Waals surface area contributed by atoms with Crippen molar-refractivity contribution in [3.8, 4) is 5.75 Å². The normalized spacial score (nSPS) is 20.2. The first-order valence-corrected chi connectivity index (χ1v) is 9.99. The Hall–Kier alpha value is -2.13. The number of benzene rings is 1. The number of hydrogen-bond donors (Lipinski definition) is 2. The van der Waals surface area contributed by atoms with Gasteiger partial charge in [-0.15, -0.1) is 0 Å². The number of sulfonamides is 1. The van der Waals surface area contributed by atoms with Crippen LogP contribution in [0.25, 0.3) is 0 Å². The highest BCUT2D eigenvalue weighted by molar-refractivity contribution is 7.89. The van der Waals surface area contributed by atoms with Gasteiger partial charge in [-0.05, 0) is 44.5 Å². The zero-order valence-corrected chi connectivity index (χ0v) is 15.7. The molecular formula is C17H24N2O6S. The molecule has 1 amide bonds. The van der Waals surface area contributed by atoms with Crippen LogP contribution in [-0.4, -0.2) is 56.0 Å². The second-order valence-electron chi connectivity index (χ2n) is 6.11. The van der Waals surface area contributed by atoms with Crippen LogP contribution in [0.4, 0.5) is 0 Å². The van der Waals surface area contributed by atoms with E-state index in [1.165, 1.54) is 17.0 Å². The molecule has 0 spiro atoms. The third kappa shape index (κ3) is 4.73. The Morgan fingerprint density at radius 3 is 2.50 bits per heavy atom. The van der Waals surface area contributed by atoms with Crippen molar-refractivity contribution in [2.75, 3.05) is 19.7 Å². The van der Waals surface area contributed by atoms with E-state index in [2.05, 4.69) is 4.72 Å². The van der Waals surface area contributed by atoms with E-state index in [0.29, 0.717) is 25.3 Å². The summed E-state index contributed by atoms with van der Waals surface area (Å²) in [5.41, 5.74) is 0. The highest BCUT2D eigenvalue weighted by Crippen LogP contribution is 2.24. The van der Waals surface area contributed by atoms with Crippen molar-refractivity contribution in [1.82, 2.24) is 9.62 Å². The fourth-order valence-electron chi connectivity index (χ4n) is 3.02. The van der Waals surface area contributed by atoms with E-state index in [1.54, 1.807) is 19.1 Å². The number of rotatable bonds is 8. The second kappa shape index (κ2) is 8.50. The standard InChI is InChI=1S/C17H24N2O6S/c1-3-25-13-4-6-14(7-5-13)26(23,24)18-10-8-16(20)19-11-9-15(12(19)2)17(21)22/h4-7,12,15,18H,3,8-11H2,1-2H3,(H,21,22). The van der Waals surface area contributed by atoms with Gasteiger partial charge in [0.05, 0.1) is 17.4 Å². The summed E-state index contributed by atoms with van der Waals surface area (Å²) in [6, 6.07) is 5.63. The summed E-state index contributed by atoms with van der Waals surface area (Å²) in [6.07, 6.45) is 0.396. The van der Waals surface area contributed by atoms with E-state index in [0.717, 1.165) is 0 Å². The number of hydrogen-bond acceptors (Lipinski definition) is 5. The molecule has 144 valence electrons. The first-order valence-electron chi connectivity index (χ1n) is 8.51. The number of carbonyl (C=O) groups excluding carboxylic acids is 1. The Bertz CT molecular complexity index is 747. The second-order valence-corrected chi connectivity index (χ2v) is 7.88. The number of aliphatic carboxylic acids is 1. The summed E-state index contributed by atoms with van der Waals surface area (Å²) in [5.74, 6) is -1.16. The predicted octanol–water partition coefficient (Wildman–Crippen LogP) is 1.08. The van der Waals surface area contributed by atoms with Crippen LogP contribution in [0, 0.1) is 5.92 Å². The van der Waals surface area contributed by atoms with E-state index in [1.807, 2.05) is 6.92 Å². The van der Waals surface area contributed by atoms with Gasteiger partial charge >= 0.3 is 5.97 Å². The summed E-state index contributed by atoms with van der Waals surface area (Å²) in [7, 11) is -3.72. The van der Waals surface area contributed by atoms with Crippen molar-refractivity contribution in [3.05, 3.63) is 24.3 Å². The molecule has 0 aliphatic carbocycles. The molecule has 8 nitrogen and oxygen atoms in total. The van der Waals surface area contributed by atoms with E-state index < -0.39 is 21.9 Å². The molecule has 1 aliphatic rings. The Morgan fingerprint density at radius 2 is 1.96 bits per heavy atom. The maximum absolute atomic E-state index is 12.3. The highest BCUT2D eigenvalue weighted by atomic mass is 32.2. The molecule has 1 saturated heterocycles. The number of nitrogens with zero attached hydrogens (tertiary/aromatic N) is 1. The first-order chi connectivity index (χ1) is 12.3. The van der Waals surface area contributed by atoms with Gasteiger partial charge in [-0.3, -0.25) is 9.59 Å². The maximum Gasteiger partial charge on any atom is 0.308 e. The molecular weight excluding hydrogens is 360 g/mol. The summed E-state index contributed by atoms with van der Waals surface area (Å²) < 4.78 is 32.2.